The first-order valence-corrected chi connectivity index (χ1v) is 5.45. The van der Waals surface area contributed by atoms with Crippen molar-refractivity contribution in [1.82, 2.24) is 5.32 Å². The van der Waals surface area contributed by atoms with Crippen LogP contribution in [0.5, 0.6) is 0 Å². The molecule has 2 nitrogen and oxygen atoms in total. The fourth-order valence-electron chi connectivity index (χ4n) is 1.40. The van der Waals surface area contributed by atoms with Gasteiger partial charge in [-0.3, -0.25) is 0 Å². The van der Waals surface area contributed by atoms with E-state index in [1.54, 1.807) is 19.2 Å². The second kappa shape index (κ2) is 5.41. The van der Waals surface area contributed by atoms with E-state index in [-0.39, 0.29) is 11.4 Å². The number of hydrogen-bond acceptors (Lipinski definition) is 2. The van der Waals surface area contributed by atoms with Crippen molar-refractivity contribution < 1.29 is 9.13 Å². The Labute approximate surface area is 96.8 Å². The highest BCUT2D eigenvalue weighted by molar-refractivity contribution is 5.26. The van der Waals surface area contributed by atoms with Crippen LogP contribution in [0.25, 0.3) is 0 Å². The Bertz CT molecular complexity index is 350. The van der Waals surface area contributed by atoms with Gasteiger partial charge in [-0.15, -0.1) is 0 Å². The van der Waals surface area contributed by atoms with E-state index in [9.17, 15) is 4.39 Å². The molecule has 0 aliphatic heterocycles. The van der Waals surface area contributed by atoms with Crippen molar-refractivity contribution in [2.75, 3.05) is 13.7 Å². The van der Waals surface area contributed by atoms with Crippen molar-refractivity contribution in [2.45, 2.75) is 32.9 Å². The van der Waals surface area contributed by atoms with Gasteiger partial charge in [0.15, 0.2) is 0 Å². The van der Waals surface area contributed by atoms with Crippen LogP contribution in [-0.2, 0) is 11.3 Å². The number of halogens is 1. The third kappa shape index (κ3) is 3.91. The minimum atomic E-state index is -0.193. The van der Waals surface area contributed by atoms with Gasteiger partial charge < -0.3 is 10.1 Å². The number of aryl methyl sites for hydroxylation is 1. The second-order valence-corrected chi connectivity index (χ2v) is 4.64. The van der Waals surface area contributed by atoms with Crippen LogP contribution in [-0.4, -0.2) is 19.3 Å². The molecule has 90 valence electrons. The lowest BCUT2D eigenvalue weighted by molar-refractivity contribution is 0.0230. The summed E-state index contributed by atoms with van der Waals surface area (Å²) in [7, 11) is 1.69. The normalized spacial score (nSPS) is 11.8. The minimum absolute atomic E-state index is 0.187. The van der Waals surface area contributed by atoms with Crippen LogP contribution in [0.2, 0.25) is 0 Å². The molecule has 0 atom stereocenters. The first-order chi connectivity index (χ1) is 7.44. The lowest BCUT2D eigenvalue weighted by atomic mass is 10.1. The van der Waals surface area contributed by atoms with Crippen molar-refractivity contribution in [3.05, 3.63) is 35.1 Å². The van der Waals surface area contributed by atoms with Crippen LogP contribution in [0, 0.1) is 12.7 Å². The molecule has 0 fully saturated rings. The van der Waals surface area contributed by atoms with Gasteiger partial charge in [0, 0.05) is 20.2 Å². The van der Waals surface area contributed by atoms with Crippen molar-refractivity contribution in [3.8, 4) is 0 Å². The highest BCUT2D eigenvalue weighted by atomic mass is 19.1. The van der Waals surface area contributed by atoms with E-state index in [0.29, 0.717) is 6.54 Å². The quantitative estimate of drug-likeness (QED) is 0.831. The van der Waals surface area contributed by atoms with Gasteiger partial charge in [-0.1, -0.05) is 6.07 Å². The van der Waals surface area contributed by atoms with Gasteiger partial charge in [0.05, 0.1) is 5.60 Å². The average molecular weight is 225 g/mol. The standard InChI is InChI=1S/C13H20FNO/c1-10-5-6-12(14)7-11(10)8-15-9-13(2,3)16-4/h5-7,15H,8-9H2,1-4H3. The molecule has 0 unspecified atom stereocenters. The highest BCUT2D eigenvalue weighted by Crippen LogP contribution is 2.11. The van der Waals surface area contributed by atoms with Gasteiger partial charge in [-0.05, 0) is 44.0 Å². The SMILES string of the molecule is COC(C)(C)CNCc1cc(F)ccc1C. The number of nitrogens with one attached hydrogen (secondary N) is 1. The average Bonchev–Trinajstić information content (AvgIpc) is 2.23. The Morgan fingerprint density at radius 1 is 1.38 bits per heavy atom. The minimum Gasteiger partial charge on any atom is -0.377 e. The lowest BCUT2D eigenvalue weighted by Gasteiger charge is -2.23. The van der Waals surface area contributed by atoms with Gasteiger partial charge in [0.25, 0.3) is 0 Å². The van der Waals surface area contributed by atoms with E-state index >= 15 is 0 Å². The molecule has 1 rings (SSSR count). The van der Waals surface area contributed by atoms with Gasteiger partial charge in [0.1, 0.15) is 5.82 Å². The topological polar surface area (TPSA) is 21.3 Å². The maximum Gasteiger partial charge on any atom is 0.123 e. The van der Waals surface area contributed by atoms with Gasteiger partial charge >= 0.3 is 0 Å². The first kappa shape index (κ1) is 13.1. The molecule has 1 aromatic rings. The molecule has 0 bridgehead atoms. The van der Waals surface area contributed by atoms with Crippen LogP contribution in [0.4, 0.5) is 4.39 Å². The molecule has 0 aliphatic rings. The summed E-state index contributed by atoms with van der Waals surface area (Å²) in [5, 5.41) is 3.27. The molecule has 0 spiro atoms. The van der Waals surface area contributed by atoms with Crippen LogP contribution < -0.4 is 5.32 Å². The summed E-state index contributed by atoms with van der Waals surface area (Å²) < 4.78 is 18.3. The Kier molecular flexibility index (Phi) is 4.44. The van der Waals surface area contributed by atoms with E-state index in [4.69, 9.17) is 4.74 Å². The Morgan fingerprint density at radius 2 is 2.06 bits per heavy atom. The Morgan fingerprint density at radius 3 is 2.69 bits per heavy atom. The molecule has 0 radical (unpaired) electrons. The number of hydrogen-bond donors (Lipinski definition) is 1. The molecule has 0 aliphatic carbocycles. The molecular formula is C13H20FNO. The zero-order valence-electron chi connectivity index (χ0n) is 10.4. The predicted octanol–water partition coefficient (Wildman–Crippen LogP) is 2.65. The van der Waals surface area contributed by atoms with Crippen LogP contribution in [0.3, 0.4) is 0 Å². The fourth-order valence-corrected chi connectivity index (χ4v) is 1.40. The van der Waals surface area contributed by atoms with Gasteiger partial charge in [-0.25, -0.2) is 4.39 Å². The summed E-state index contributed by atoms with van der Waals surface area (Å²) in [6.45, 7) is 7.41. The lowest BCUT2D eigenvalue weighted by Crippen LogP contribution is -2.36. The van der Waals surface area contributed by atoms with E-state index in [2.05, 4.69) is 5.32 Å². The summed E-state index contributed by atoms with van der Waals surface area (Å²) in [6, 6.07) is 4.86. The van der Waals surface area contributed by atoms with Crippen molar-refractivity contribution in [3.63, 3.8) is 0 Å². The third-order valence-corrected chi connectivity index (χ3v) is 2.73. The number of methoxy groups -OCH3 is 1. The first-order valence-electron chi connectivity index (χ1n) is 5.45. The maximum absolute atomic E-state index is 13.0. The van der Waals surface area contributed by atoms with Crippen LogP contribution in [0.15, 0.2) is 18.2 Å². The summed E-state index contributed by atoms with van der Waals surface area (Å²) in [5.74, 6) is -0.187. The molecule has 0 aromatic heterocycles. The van der Waals surface area contributed by atoms with Crippen molar-refractivity contribution in [1.29, 1.82) is 0 Å². The largest absolute Gasteiger partial charge is 0.377 e. The van der Waals surface area contributed by atoms with Gasteiger partial charge in [0.2, 0.25) is 0 Å². The van der Waals surface area contributed by atoms with Crippen molar-refractivity contribution in [2.24, 2.45) is 0 Å². The third-order valence-electron chi connectivity index (χ3n) is 2.73. The number of benzene rings is 1. The molecule has 3 heteroatoms. The molecule has 1 N–H and O–H groups in total. The molecule has 1 aromatic carbocycles. The van der Waals surface area contributed by atoms with E-state index < -0.39 is 0 Å². The molecule has 0 heterocycles. The van der Waals surface area contributed by atoms with Crippen LogP contribution >= 0.6 is 0 Å². The molecule has 0 amide bonds. The molecule has 0 saturated heterocycles. The highest BCUT2D eigenvalue weighted by Gasteiger charge is 2.15. The summed E-state index contributed by atoms with van der Waals surface area (Å²) in [5.41, 5.74) is 1.90. The van der Waals surface area contributed by atoms with Crippen molar-refractivity contribution >= 4 is 0 Å². The van der Waals surface area contributed by atoms with Crippen LogP contribution in [0.1, 0.15) is 25.0 Å². The van der Waals surface area contributed by atoms with E-state index in [1.165, 1.54) is 6.07 Å². The Balaban J connectivity index is 2.52. The summed E-state index contributed by atoms with van der Waals surface area (Å²) in [4.78, 5) is 0. The zero-order valence-corrected chi connectivity index (χ0v) is 10.4. The predicted molar refractivity (Wildman–Crippen MR) is 63.9 cm³/mol. The summed E-state index contributed by atoms with van der Waals surface area (Å²) in [6.07, 6.45) is 0. The fraction of sp³-hybridized carbons (Fsp3) is 0.538. The van der Waals surface area contributed by atoms with E-state index in [1.807, 2.05) is 20.8 Å². The Hall–Kier alpha value is -0.930. The molecule has 0 saturated carbocycles. The number of rotatable bonds is 5. The van der Waals surface area contributed by atoms with E-state index in [0.717, 1.165) is 17.7 Å². The number of ether oxygens (including phenoxy) is 1. The summed E-state index contributed by atoms with van der Waals surface area (Å²) >= 11 is 0. The molecular weight excluding hydrogens is 205 g/mol. The van der Waals surface area contributed by atoms with Gasteiger partial charge in [-0.2, -0.15) is 0 Å². The molecule has 16 heavy (non-hydrogen) atoms. The zero-order chi connectivity index (χ0) is 12.2. The monoisotopic (exact) mass is 225 g/mol. The maximum atomic E-state index is 13.0. The smallest absolute Gasteiger partial charge is 0.123 e. The second-order valence-electron chi connectivity index (χ2n) is 4.64.